The lowest BCUT2D eigenvalue weighted by Crippen LogP contribution is -2.48. The highest BCUT2D eigenvalue weighted by Crippen LogP contribution is 2.35. The highest BCUT2D eigenvalue weighted by molar-refractivity contribution is 6.99. The molecule has 0 atom stereocenters. The Morgan fingerprint density at radius 2 is 1.07 bits per heavy atom. The van der Waals surface area contributed by atoms with Gasteiger partial charge in [-0.3, -0.25) is 0 Å². The Morgan fingerprint density at radius 3 is 1.75 bits per heavy atom. The summed E-state index contributed by atoms with van der Waals surface area (Å²) in [6, 6.07) is 33.7. The normalized spacial score (nSPS) is 12.4. The van der Waals surface area contributed by atoms with Crippen LogP contribution in [0, 0.1) is 0 Å². The Hall–Kier alpha value is -3.06. The maximum absolute atomic E-state index is 2.44. The Morgan fingerprint density at radius 1 is 0.536 bits per heavy atom. The van der Waals surface area contributed by atoms with Crippen LogP contribution in [0.15, 0.2) is 91.0 Å². The van der Waals surface area contributed by atoms with Gasteiger partial charge in [0, 0.05) is 0 Å². The van der Waals surface area contributed by atoms with Gasteiger partial charge >= 0.3 is 0 Å². The van der Waals surface area contributed by atoms with Crippen molar-refractivity contribution >= 4 is 23.1 Å². The second kappa shape index (κ2) is 6.84. The third-order valence-electron chi connectivity index (χ3n) is 5.99. The molecule has 28 heavy (non-hydrogen) atoms. The van der Waals surface area contributed by atoms with Gasteiger partial charge in [-0.15, -0.1) is 0 Å². The predicted octanol–water partition coefficient (Wildman–Crippen LogP) is 4.78. The first kappa shape index (κ1) is 17.1. The predicted molar refractivity (Wildman–Crippen MR) is 123 cm³/mol. The summed E-state index contributed by atoms with van der Waals surface area (Å²) in [5.41, 5.74) is 12.8. The Labute approximate surface area is 168 Å². The first-order chi connectivity index (χ1) is 13.9. The van der Waals surface area contributed by atoms with E-state index >= 15 is 0 Å². The van der Waals surface area contributed by atoms with Crippen molar-refractivity contribution in [3.05, 3.63) is 102 Å². The molecule has 6 rings (SSSR count). The average Bonchev–Trinajstić information content (AvgIpc) is 3.30. The zero-order chi connectivity index (χ0) is 19.1. The minimum atomic E-state index is 0.334. The molecule has 0 aromatic heterocycles. The standard InChI is InChI=1S/C25H17B.C2H6/c1-2-8-20-17(7-1)15-18-13-14-19(16-23(18)20)26-24-11-5-3-9-21(24)22-10-4-6-12-25(22)26;1-2/h1-14,16H,15H2;1-2H3. The van der Waals surface area contributed by atoms with Gasteiger partial charge in [0.05, 0.1) is 0 Å². The molecule has 0 saturated heterocycles. The average molecular weight is 358 g/mol. The fraction of sp³-hybridized carbons (Fsp3) is 0.111. The van der Waals surface area contributed by atoms with Gasteiger partial charge in [-0.2, -0.15) is 0 Å². The molecule has 0 bridgehead atoms. The highest BCUT2D eigenvalue weighted by Gasteiger charge is 2.33. The van der Waals surface area contributed by atoms with E-state index in [1.165, 1.54) is 49.8 Å². The second-order valence-corrected chi connectivity index (χ2v) is 7.36. The van der Waals surface area contributed by atoms with Crippen molar-refractivity contribution in [3.8, 4) is 22.3 Å². The van der Waals surface area contributed by atoms with Crippen molar-refractivity contribution in [1.82, 2.24) is 0 Å². The van der Waals surface area contributed by atoms with Crippen LogP contribution in [0.4, 0.5) is 0 Å². The van der Waals surface area contributed by atoms with E-state index in [2.05, 4.69) is 91.0 Å². The maximum Gasteiger partial charge on any atom is 0.242 e. The van der Waals surface area contributed by atoms with Crippen molar-refractivity contribution in [2.24, 2.45) is 0 Å². The van der Waals surface area contributed by atoms with Crippen LogP contribution in [0.5, 0.6) is 0 Å². The Bertz CT molecular complexity index is 1130. The van der Waals surface area contributed by atoms with Crippen molar-refractivity contribution in [3.63, 3.8) is 0 Å². The number of benzene rings is 4. The van der Waals surface area contributed by atoms with E-state index in [4.69, 9.17) is 0 Å². The first-order valence-corrected chi connectivity index (χ1v) is 10.3. The fourth-order valence-corrected chi connectivity index (χ4v) is 4.84. The molecule has 134 valence electrons. The molecule has 0 nitrogen and oxygen atoms in total. The minimum absolute atomic E-state index is 0.334. The summed E-state index contributed by atoms with van der Waals surface area (Å²) in [4.78, 5) is 0. The quantitative estimate of drug-likeness (QED) is 0.371. The molecule has 0 N–H and O–H groups in total. The monoisotopic (exact) mass is 358 g/mol. The topological polar surface area (TPSA) is 0 Å². The molecule has 0 radical (unpaired) electrons. The van der Waals surface area contributed by atoms with Crippen LogP contribution < -0.4 is 16.4 Å². The van der Waals surface area contributed by atoms with Crippen LogP contribution in [-0.2, 0) is 6.42 Å². The molecule has 4 aromatic rings. The van der Waals surface area contributed by atoms with E-state index in [0.717, 1.165) is 6.42 Å². The summed E-state index contributed by atoms with van der Waals surface area (Å²) in [7, 11) is 0. The van der Waals surface area contributed by atoms with Crippen molar-refractivity contribution in [1.29, 1.82) is 0 Å². The Balaban J connectivity index is 0.000000829. The zero-order valence-electron chi connectivity index (χ0n) is 16.4. The molecule has 1 heterocycles. The zero-order valence-corrected chi connectivity index (χ0v) is 16.4. The number of rotatable bonds is 1. The van der Waals surface area contributed by atoms with E-state index in [9.17, 15) is 0 Å². The number of hydrogen-bond donors (Lipinski definition) is 0. The summed E-state index contributed by atoms with van der Waals surface area (Å²) in [6.45, 7) is 4.33. The number of hydrogen-bond acceptors (Lipinski definition) is 0. The van der Waals surface area contributed by atoms with E-state index in [0.29, 0.717) is 6.71 Å². The maximum atomic E-state index is 2.44. The van der Waals surface area contributed by atoms with Gasteiger partial charge in [0.2, 0.25) is 6.71 Å². The van der Waals surface area contributed by atoms with Gasteiger partial charge in [-0.25, -0.2) is 0 Å². The van der Waals surface area contributed by atoms with E-state index in [1.54, 1.807) is 0 Å². The Kier molecular flexibility index (Phi) is 4.17. The van der Waals surface area contributed by atoms with Crippen molar-refractivity contribution in [2.75, 3.05) is 0 Å². The molecule has 0 unspecified atom stereocenters. The summed E-state index contributed by atoms with van der Waals surface area (Å²) >= 11 is 0. The van der Waals surface area contributed by atoms with Gasteiger partial charge in [-0.1, -0.05) is 121 Å². The SMILES string of the molecule is CC.c1ccc2c(c1)Cc1ccc(B3c4ccccc4-c4ccccc43)cc1-2. The van der Waals surface area contributed by atoms with Gasteiger partial charge in [0.1, 0.15) is 0 Å². The molecule has 0 saturated carbocycles. The van der Waals surface area contributed by atoms with Gasteiger partial charge in [0.15, 0.2) is 0 Å². The molecule has 1 heteroatoms. The van der Waals surface area contributed by atoms with Gasteiger partial charge < -0.3 is 0 Å². The van der Waals surface area contributed by atoms with Crippen LogP contribution in [0.3, 0.4) is 0 Å². The van der Waals surface area contributed by atoms with Crippen LogP contribution >= 0.6 is 0 Å². The lowest BCUT2D eigenvalue weighted by molar-refractivity contribution is 1.26. The van der Waals surface area contributed by atoms with Crippen LogP contribution in [0.2, 0.25) is 0 Å². The summed E-state index contributed by atoms with van der Waals surface area (Å²) in [5.74, 6) is 0. The van der Waals surface area contributed by atoms with Gasteiger partial charge in [0.25, 0.3) is 0 Å². The molecule has 1 aliphatic heterocycles. The lowest BCUT2D eigenvalue weighted by Gasteiger charge is -2.13. The van der Waals surface area contributed by atoms with Crippen LogP contribution in [-0.4, -0.2) is 6.71 Å². The summed E-state index contributed by atoms with van der Waals surface area (Å²) < 4.78 is 0. The van der Waals surface area contributed by atoms with Crippen molar-refractivity contribution < 1.29 is 0 Å². The molecular weight excluding hydrogens is 335 g/mol. The third-order valence-corrected chi connectivity index (χ3v) is 5.99. The molecule has 1 aliphatic carbocycles. The van der Waals surface area contributed by atoms with Gasteiger partial charge in [-0.05, 0) is 39.8 Å². The third kappa shape index (κ3) is 2.47. The van der Waals surface area contributed by atoms with Crippen molar-refractivity contribution in [2.45, 2.75) is 20.3 Å². The summed E-state index contributed by atoms with van der Waals surface area (Å²) in [5, 5.41) is 0. The van der Waals surface area contributed by atoms with Crippen LogP contribution in [0.25, 0.3) is 22.3 Å². The fourth-order valence-electron chi connectivity index (χ4n) is 4.84. The smallest absolute Gasteiger partial charge is 0.0683 e. The molecule has 0 spiro atoms. The minimum Gasteiger partial charge on any atom is -0.0683 e. The molecule has 0 amide bonds. The highest BCUT2D eigenvalue weighted by atomic mass is 14.2. The van der Waals surface area contributed by atoms with Crippen LogP contribution in [0.1, 0.15) is 25.0 Å². The number of fused-ring (bicyclic) bond motifs is 6. The lowest BCUT2D eigenvalue weighted by atomic mass is 9.39. The molecule has 0 fully saturated rings. The van der Waals surface area contributed by atoms with E-state index < -0.39 is 0 Å². The van der Waals surface area contributed by atoms with E-state index in [1.807, 2.05) is 13.8 Å². The molecule has 2 aliphatic rings. The molecule has 4 aromatic carbocycles. The largest absolute Gasteiger partial charge is 0.242 e. The first-order valence-electron chi connectivity index (χ1n) is 10.3. The second-order valence-electron chi connectivity index (χ2n) is 7.36. The molecular formula is C27H23B. The van der Waals surface area contributed by atoms with E-state index in [-0.39, 0.29) is 0 Å². The summed E-state index contributed by atoms with van der Waals surface area (Å²) in [6.07, 6.45) is 1.06.